The van der Waals surface area contributed by atoms with Gasteiger partial charge in [0, 0.05) is 11.6 Å². The normalized spacial score (nSPS) is 11.4. The molecule has 4 nitrogen and oxygen atoms in total. The van der Waals surface area contributed by atoms with Crippen molar-refractivity contribution in [3.05, 3.63) is 47.0 Å². The van der Waals surface area contributed by atoms with E-state index in [1.807, 2.05) is 13.8 Å². The molecule has 2 rings (SSSR count). The Morgan fingerprint density at radius 3 is 1.57 bits per heavy atom. The number of aromatic hydroxyl groups is 4. The molecule has 0 radical (unpaired) electrons. The molecule has 0 unspecified atom stereocenters. The lowest BCUT2D eigenvalue weighted by Crippen LogP contribution is -1.90. The minimum Gasteiger partial charge on any atom is -0.508 e. The van der Waals surface area contributed by atoms with E-state index in [2.05, 4.69) is 0 Å². The lowest BCUT2D eigenvalue weighted by Gasteiger charge is -2.11. The minimum atomic E-state index is -0.0319. The Balaban J connectivity index is 2.33. The predicted octanol–water partition coefficient (Wildman–Crippen LogP) is 3.80. The second-order valence-corrected chi connectivity index (χ2v) is 5.24. The van der Waals surface area contributed by atoms with E-state index < -0.39 is 0 Å². The molecule has 0 saturated heterocycles. The SMILES string of the molecule is CC(C)c1c(O)cc(C=Cc2cc(O)cc(O)c2)cc1O. The second kappa shape index (κ2) is 5.79. The first kappa shape index (κ1) is 14.8. The summed E-state index contributed by atoms with van der Waals surface area (Å²) in [5, 5.41) is 38.7. The summed E-state index contributed by atoms with van der Waals surface area (Å²) in [4.78, 5) is 0. The maximum Gasteiger partial charge on any atom is 0.123 e. The van der Waals surface area contributed by atoms with E-state index in [0.717, 1.165) is 0 Å². The van der Waals surface area contributed by atoms with Gasteiger partial charge in [-0.3, -0.25) is 0 Å². The van der Waals surface area contributed by atoms with Crippen molar-refractivity contribution in [2.24, 2.45) is 0 Å². The summed E-state index contributed by atoms with van der Waals surface area (Å²) >= 11 is 0. The topological polar surface area (TPSA) is 80.9 Å². The molecule has 0 spiro atoms. The summed E-state index contributed by atoms with van der Waals surface area (Å²) in [5.41, 5.74) is 1.75. The lowest BCUT2D eigenvalue weighted by atomic mass is 9.98. The van der Waals surface area contributed by atoms with Crippen LogP contribution in [0.1, 0.15) is 36.5 Å². The number of phenols is 4. The Labute approximate surface area is 123 Å². The standard InChI is InChI=1S/C17H18O4/c1-10(2)17-15(20)7-12(8-16(17)21)4-3-11-5-13(18)9-14(19)6-11/h3-10,18-21H,1-2H3. The maximum atomic E-state index is 9.95. The number of rotatable bonds is 3. The molecule has 2 aromatic rings. The van der Waals surface area contributed by atoms with Crippen LogP contribution in [0.4, 0.5) is 0 Å². The van der Waals surface area contributed by atoms with Crippen LogP contribution >= 0.6 is 0 Å². The van der Waals surface area contributed by atoms with Gasteiger partial charge in [-0.05, 0) is 41.3 Å². The van der Waals surface area contributed by atoms with Gasteiger partial charge in [0.2, 0.25) is 0 Å². The van der Waals surface area contributed by atoms with Gasteiger partial charge in [0.1, 0.15) is 23.0 Å². The van der Waals surface area contributed by atoms with E-state index in [9.17, 15) is 20.4 Å². The Bertz CT molecular complexity index is 644. The summed E-state index contributed by atoms with van der Waals surface area (Å²) in [5.74, 6) is 0.0452. The van der Waals surface area contributed by atoms with E-state index in [0.29, 0.717) is 16.7 Å². The number of hydrogen-bond acceptors (Lipinski definition) is 4. The van der Waals surface area contributed by atoms with Crippen LogP contribution in [-0.4, -0.2) is 20.4 Å². The molecular formula is C17H18O4. The highest BCUT2D eigenvalue weighted by Crippen LogP contribution is 2.35. The van der Waals surface area contributed by atoms with Crippen molar-refractivity contribution in [2.75, 3.05) is 0 Å². The second-order valence-electron chi connectivity index (χ2n) is 5.24. The summed E-state index contributed by atoms with van der Waals surface area (Å²) in [6.07, 6.45) is 3.35. The van der Waals surface area contributed by atoms with Gasteiger partial charge in [0.15, 0.2) is 0 Å². The van der Waals surface area contributed by atoms with Gasteiger partial charge in [-0.1, -0.05) is 26.0 Å². The van der Waals surface area contributed by atoms with Crippen molar-refractivity contribution in [3.63, 3.8) is 0 Å². The highest BCUT2D eigenvalue weighted by molar-refractivity contribution is 5.72. The van der Waals surface area contributed by atoms with Gasteiger partial charge in [0.25, 0.3) is 0 Å². The van der Waals surface area contributed by atoms with Gasteiger partial charge in [-0.25, -0.2) is 0 Å². The third-order valence-corrected chi connectivity index (χ3v) is 3.13. The third kappa shape index (κ3) is 3.48. The molecule has 4 N–H and O–H groups in total. The number of hydrogen-bond donors (Lipinski definition) is 4. The first-order chi connectivity index (χ1) is 9.86. The molecule has 0 aliphatic heterocycles. The summed E-state index contributed by atoms with van der Waals surface area (Å²) in [6, 6.07) is 7.37. The predicted molar refractivity (Wildman–Crippen MR) is 82.6 cm³/mol. The first-order valence-electron chi connectivity index (χ1n) is 6.64. The van der Waals surface area contributed by atoms with Crippen molar-refractivity contribution >= 4 is 12.2 Å². The summed E-state index contributed by atoms with van der Waals surface area (Å²) < 4.78 is 0. The van der Waals surface area contributed by atoms with Crippen molar-refractivity contribution in [1.82, 2.24) is 0 Å². The number of benzene rings is 2. The molecule has 0 fully saturated rings. The zero-order chi connectivity index (χ0) is 15.6. The molecule has 0 heterocycles. The molecule has 4 heteroatoms. The summed E-state index contributed by atoms with van der Waals surface area (Å²) in [6.45, 7) is 3.78. The molecule has 0 amide bonds. The van der Waals surface area contributed by atoms with Crippen LogP contribution in [0.5, 0.6) is 23.0 Å². The Morgan fingerprint density at radius 1 is 0.714 bits per heavy atom. The molecule has 21 heavy (non-hydrogen) atoms. The van der Waals surface area contributed by atoms with Gasteiger partial charge < -0.3 is 20.4 Å². The highest BCUT2D eigenvalue weighted by atomic mass is 16.3. The molecule has 0 bridgehead atoms. The Morgan fingerprint density at radius 2 is 1.14 bits per heavy atom. The molecule has 2 aromatic carbocycles. The van der Waals surface area contributed by atoms with Crippen LogP contribution in [0, 0.1) is 0 Å². The molecule has 0 aliphatic carbocycles. The van der Waals surface area contributed by atoms with Crippen LogP contribution in [0.25, 0.3) is 12.2 Å². The van der Waals surface area contributed by atoms with Crippen molar-refractivity contribution in [1.29, 1.82) is 0 Å². The Kier molecular flexibility index (Phi) is 4.08. The number of phenolic OH excluding ortho intramolecular Hbond substituents is 4. The zero-order valence-electron chi connectivity index (χ0n) is 11.9. The van der Waals surface area contributed by atoms with E-state index in [4.69, 9.17) is 0 Å². The van der Waals surface area contributed by atoms with Gasteiger partial charge in [-0.15, -0.1) is 0 Å². The Hall–Kier alpha value is -2.62. The van der Waals surface area contributed by atoms with Gasteiger partial charge >= 0.3 is 0 Å². The van der Waals surface area contributed by atoms with Gasteiger partial charge in [0.05, 0.1) is 0 Å². The maximum absolute atomic E-state index is 9.95. The van der Waals surface area contributed by atoms with E-state index in [1.54, 1.807) is 24.3 Å². The molecule has 0 aromatic heterocycles. The molecule has 0 aliphatic rings. The van der Waals surface area contributed by atoms with Gasteiger partial charge in [-0.2, -0.15) is 0 Å². The van der Waals surface area contributed by atoms with Crippen LogP contribution in [0.15, 0.2) is 30.3 Å². The zero-order valence-corrected chi connectivity index (χ0v) is 11.9. The van der Waals surface area contributed by atoms with Crippen LogP contribution in [-0.2, 0) is 0 Å². The van der Waals surface area contributed by atoms with E-state index in [1.165, 1.54) is 18.2 Å². The van der Waals surface area contributed by atoms with Crippen molar-refractivity contribution in [3.8, 4) is 23.0 Å². The van der Waals surface area contributed by atoms with Crippen molar-refractivity contribution in [2.45, 2.75) is 19.8 Å². The monoisotopic (exact) mass is 286 g/mol. The average molecular weight is 286 g/mol. The molecule has 0 atom stereocenters. The molecule has 110 valence electrons. The average Bonchev–Trinajstić information content (AvgIpc) is 2.34. The fraction of sp³-hybridized carbons (Fsp3) is 0.176. The van der Waals surface area contributed by atoms with Crippen LogP contribution < -0.4 is 0 Å². The minimum absolute atomic E-state index is 0.0195. The molecule has 0 saturated carbocycles. The van der Waals surface area contributed by atoms with Crippen molar-refractivity contribution < 1.29 is 20.4 Å². The lowest BCUT2D eigenvalue weighted by molar-refractivity contribution is 0.433. The fourth-order valence-corrected chi connectivity index (χ4v) is 2.24. The quantitative estimate of drug-likeness (QED) is 0.647. The summed E-state index contributed by atoms with van der Waals surface area (Å²) in [7, 11) is 0. The highest BCUT2D eigenvalue weighted by Gasteiger charge is 2.12. The largest absolute Gasteiger partial charge is 0.508 e. The third-order valence-electron chi connectivity index (χ3n) is 3.13. The fourth-order valence-electron chi connectivity index (χ4n) is 2.24. The van der Waals surface area contributed by atoms with Crippen LogP contribution in [0.3, 0.4) is 0 Å². The molecular weight excluding hydrogens is 268 g/mol. The first-order valence-corrected chi connectivity index (χ1v) is 6.64. The smallest absolute Gasteiger partial charge is 0.123 e. The van der Waals surface area contributed by atoms with Crippen LogP contribution in [0.2, 0.25) is 0 Å². The van der Waals surface area contributed by atoms with E-state index in [-0.39, 0.29) is 28.9 Å². The van der Waals surface area contributed by atoms with E-state index >= 15 is 0 Å².